The molecule has 2 nitrogen and oxygen atoms in total. The molecule has 0 saturated carbocycles. The zero-order chi connectivity index (χ0) is 33.0. The molecule has 0 aliphatic carbocycles. The van der Waals surface area contributed by atoms with Crippen molar-refractivity contribution >= 4 is 71.3 Å². The van der Waals surface area contributed by atoms with Crippen LogP contribution in [0.15, 0.2) is 192 Å². The Balaban J connectivity index is 1.26. The zero-order valence-electron chi connectivity index (χ0n) is 27.3. The second kappa shape index (κ2) is 11.5. The van der Waals surface area contributed by atoms with Gasteiger partial charge >= 0.3 is 0 Å². The molecule has 50 heavy (non-hydrogen) atoms. The van der Waals surface area contributed by atoms with Crippen LogP contribution in [-0.2, 0) is 0 Å². The summed E-state index contributed by atoms with van der Waals surface area (Å²) in [6, 6.07) is 67.2. The fourth-order valence-corrected chi connectivity index (χ4v) is 7.72. The number of furan rings is 1. The Morgan fingerprint density at radius 3 is 1.66 bits per heavy atom. The summed E-state index contributed by atoms with van der Waals surface area (Å²) in [5.74, 6) is 0. The molecule has 0 aliphatic rings. The third kappa shape index (κ3) is 4.50. The molecule has 10 aromatic rings. The van der Waals surface area contributed by atoms with Crippen molar-refractivity contribution in [2.24, 2.45) is 0 Å². The van der Waals surface area contributed by atoms with Crippen molar-refractivity contribution in [2.75, 3.05) is 4.90 Å². The molecule has 0 saturated heterocycles. The van der Waals surface area contributed by atoms with Gasteiger partial charge in [0.15, 0.2) is 5.58 Å². The fourth-order valence-electron chi connectivity index (χ4n) is 7.72. The van der Waals surface area contributed by atoms with E-state index in [1.165, 1.54) is 49.0 Å². The average molecular weight is 638 g/mol. The number of hydrogen-bond acceptors (Lipinski definition) is 2. The highest BCUT2D eigenvalue weighted by atomic mass is 16.3. The van der Waals surface area contributed by atoms with E-state index in [0.29, 0.717) is 0 Å². The lowest BCUT2D eigenvalue weighted by molar-refractivity contribution is 0.670. The number of nitrogens with zero attached hydrogens (tertiary/aromatic N) is 1. The van der Waals surface area contributed by atoms with Crippen LogP contribution in [0.1, 0.15) is 0 Å². The van der Waals surface area contributed by atoms with Crippen molar-refractivity contribution in [3.05, 3.63) is 188 Å². The lowest BCUT2D eigenvalue weighted by Gasteiger charge is -2.25. The highest BCUT2D eigenvalue weighted by Gasteiger charge is 2.23. The van der Waals surface area contributed by atoms with Crippen molar-refractivity contribution in [1.29, 1.82) is 0 Å². The van der Waals surface area contributed by atoms with Crippen LogP contribution in [0.2, 0.25) is 0 Å². The summed E-state index contributed by atoms with van der Waals surface area (Å²) < 4.78 is 7.21. The number of benzene rings is 9. The first-order chi connectivity index (χ1) is 24.8. The van der Waals surface area contributed by atoms with Crippen molar-refractivity contribution in [3.8, 4) is 22.3 Å². The van der Waals surface area contributed by atoms with E-state index in [9.17, 15) is 0 Å². The van der Waals surface area contributed by atoms with Crippen LogP contribution in [-0.4, -0.2) is 0 Å². The van der Waals surface area contributed by atoms with Crippen LogP contribution in [0.3, 0.4) is 0 Å². The van der Waals surface area contributed by atoms with Gasteiger partial charge < -0.3 is 9.32 Å². The van der Waals surface area contributed by atoms with E-state index in [0.717, 1.165) is 44.6 Å². The summed E-state index contributed by atoms with van der Waals surface area (Å²) in [6.45, 7) is 0. The molecule has 0 atom stereocenters. The van der Waals surface area contributed by atoms with Gasteiger partial charge in [-0.25, -0.2) is 0 Å². The van der Waals surface area contributed by atoms with Gasteiger partial charge in [-0.1, -0.05) is 146 Å². The van der Waals surface area contributed by atoms with Crippen molar-refractivity contribution in [1.82, 2.24) is 0 Å². The monoisotopic (exact) mass is 637 g/mol. The Hall–Kier alpha value is -6.64. The van der Waals surface area contributed by atoms with Crippen LogP contribution < -0.4 is 4.90 Å². The molecule has 0 amide bonds. The number of rotatable bonds is 5. The molecule has 9 aromatic carbocycles. The Bertz CT molecular complexity index is 2850. The zero-order valence-corrected chi connectivity index (χ0v) is 27.3. The van der Waals surface area contributed by atoms with E-state index >= 15 is 0 Å². The smallest absolute Gasteiger partial charge is 0.159 e. The highest BCUT2D eigenvalue weighted by molar-refractivity contribution is 6.24. The first-order valence-corrected chi connectivity index (χ1v) is 17.1. The molecular formula is C48H31NO. The fraction of sp³-hybridized carbons (Fsp3) is 0. The summed E-state index contributed by atoms with van der Waals surface area (Å²) in [5, 5.41) is 9.51. The molecule has 1 aromatic heterocycles. The lowest BCUT2D eigenvalue weighted by Crippen LogP contribution is -2.10. The number of fused-ring (bicyclic) bond motifs is 7. The predicted octanol–water partition coefficient (Wildman–Crippen LogP) is 13.8. The predicted molar refractivity (Wildman–Crippen MR) is 212 cm³/mol. The van der Waals surface area contributed by atoms with Gasteiger partial charge in [-0.15, -0.1) is 0 Å². The molecule has 10 rings (SSSR count). The van der Waals surface area contributed by atoms with Crippen LogP contribution in [0.5, 0.6) is 0 Å². The van der Waals surface area contributed by atoms with E-state index < -0.39 is 0 Å². The van der Waals surface area contributed by atoms with Crippen LogP contribution in [0.4, 0.5) is 17.1 Å². The van der Waals surface area contributed by atoms with E-state index in [-0.39, 0.29) is 0 Å². The SMILES string of the molecule is c1ccc(-c2ccc(N(c3ccccc3)c3cccc4c3oc3c(-c5cc6ccccc6c6ccccc56)c5ccccc5cc34)cc2)cc1. The number of hydrogen-bond donors (Lipinski definition) is 0. The summed E-state index contributed by atoms with van der Waals surface area (Å²) >= 11 is 0. The van der Waals surface area contributed by atoms with Gasteiger partial charge in [0.05, 0.1) is 5.69 Å². The minimum atomic E-state index is 0.861. The summed E-state index contributed by atoms with van der Waals surface area (Å²) in [6.07, 6.45) is 0. The first-order valence-electron chi connectivity index (χ1n) is 17.1. The Morgan fingerprint density at radius 2 is 0.900 bits per heavy atom. The van der Waals surface area contributed by atoms with Gasteiger partial charge in [0.1, 0.15) is 5.58 Å². The van der Waals surface area contributed by atoms with Gasteiger partial charge in [-0.3, -0.25) is 0 Å². The maximum atomic E-state index is 7.21. The second-order valence-electron chi connectivity index (χ2n) is 12.9. The molecule has 1 heterocycles. The molecule has 0 N–H and O–H groups in total. The number of para-hydroxylation sites is 2. The Labute approximate surface area is 290 Å². The highest BCUT2D eigenvalue weighted by Crippen LogP contribution is 2.48. The Kier molecular flexibility index (Phi) is 6.53. The minimum Gasteiger partial charge on any atom is -0.453 e. The standard InChI is InChI=1S/C48H31NO/c1-3-14-32(15-4-1)33-26-28-37(29-27-33)49(36-18-5-2-6-19-36)45-25-13-24-42-44-31-35-17-8-10-21-39(35)46(48(44)50-47(42)45)43-30-34-16-7-9-20-38(34)40-22-11-12-23-41(40)43/h1-31H. The first kappa shape index (κ1) is 28.4. The summed E-state index contributed by atoms with van der Waals surface area (Å²) in [7, 11) is 0. The molecule has 0 unspecified atom stereocenters. The van der Waals surface area contributed by atoms with E-state index in [2.05, 4.69) is 193 Å². The third-order valence-electron chi connectivity index (χ3n) is 10.0. The summed E-state index contributed by atoms with van der Waals surface area (Å²) in [4.78, 5) is 2.31. The van der Waals surface area contributed by atoms with Crippen LogP contribution in [0, 0.1) is 0 Å². The van der Waals surface area contributed by atoms with Gasteiger partial charge in [-0.05, 0) is 91.5 Å². The van der Waals surface area contributed by atoms with Gasteiger partial charge in [0, 0.05) is 27.7 Å². The largest absolute Gasteiger partial charge is 0.453 e. The molecule has 0 spiro atoms. The maximum absolute atomic E-state index is 7.21. The minimum absolute atomic E-state index is 0.861. The van der Waals surface area contributed by atoms with E-state index in [1.54, 1.807) is 0 Å². The molecular weight excluding hydrogens is 607 g/mol. The molecule has 234 valence electrons. The Morgan fingerprint density at radius 1 is 0.340 bits per heavy atom. The molecule has 0 radical (unpaired) electrons. The normalized spacial score (nSPS) is 11.6. The third-order valence-corrected chi connectivity index (χ3v) is 10.0. The van der Waals surface area contributed by atoms with Crippen molar-refractivity contribution in [3.63, 3.8) is 0 Å². The van der Waals surface area contributed by atoms with Crippen molar-refractivity contribution < 1.29 is 4.42 Å². The number of anilines is 3. The second-order valence-corrected chi connectivity index (χ2v) is 12.9. The average Bonchev–Trinajstić information content (AvgIpc) is 3.57. The van der Waals surface area contributed by atoms with Crippen LogP contribution in [0.25, 0.3) is 76.5 Å². The lowest BCUT2D eigenvalue weighted by atomic mass is 9.89. The van der Waals surface area contributed by atoms with Crippen molar-refractivity contribution in [2.45, 2.75) is 0 Å². The van der Waals surface area contributed by atoms with E-state index in [4.69, 9.17) is 4.42 Å². The van der Waals surface area contributed by atoms with Gasteiger partial charge in [0.25, 0.3) is 0 Å². The molecule has 2 heteroatoms. The molecule has 0 fully saturated rings. The maximum Gasteiger partial charge on any atom is 0.159 e. The molecule has 0 bridgehead atoms. The quantitative estimate of drug-likeness (QED) is 0.175. The van der Waals surface area contributed by atoms with Gasteiger partial charge in [0.2, 0.25) is 0 Å². The van der Waals surface area contributed by atoms with E-state index in [1.807, 2.05) is 0 Å². The summed E-state index contributed by atoms with van der Waals surface area (Å²) in [5.41, 5.74) is 9.58. The van der Waals surface area contributed by atoms with Gasteiger partial charge in [-0.2, -0.15) is 0 Å². The molecule has 0 aliphatic heterocycles. The topological polar surface area (TPSA) is 16.4 Å². The van der Waals surface area contributed by atoms with Crippen LogP contribution >= 0.6 is 0 Å².